The zero-order chi connectivity index (χ0) is 18.5. The van der Waals surface area contributed by atoms with Crippen molar-refractivity contribution in [2.75, 3.05) is 44.3 Å². The topological polar surface area (TPSA) is 74.0 Å². The van der Waals surface area contributed by atoms with Crippen LogP contribution in [-0.2, 0) is 15.9 Å². The van der Waals surface area contributed by atoms with Gasteiger partial charge in [0, 0.05) is 29.4 Å². The van der Waals surface area contributed by atoms with E-state index in [-0.39, 0.29) is 12.7 Å². The molecule has 0 aliphatic carbocycles. The third-order valence-electron chi connectivity index (χ3n) is 4.18. The second-order valence-electron chi connectivity index (χ2n) is 5.89. The van der Waals surface area contributed by atoms with E-state index in [2.05, 4.69) is 15.9 Å². The Labute approximate surface area is 161 Å². The van der Waals surface area contributed by atoms with Gasteiger partial charge in [0.05, 0.1) is 18.9 Å². The van der Waals surface area contributed by atoms with Gasteiger partial charge in [-0.3, -0.25) is 4.79 Å². The number of fused-ring (bicyclic) bond motifs is 1. The molecule has 6 nitrogen and oxygen atoms in total. The molecule has 2 aromatic rings. The van der Waals surface area contributed by atoms with Gasteiger partial charge in [0.15, 0.2) is 6.79 Å². The van der Waals surface area contributed by atoms with Gasteiger partial charge < -0.3 is 24.8 Å². The molecule has 0 aromatic heterocycles. The van der Waals surface area contributed by atoms with Crippen LogP contribution >= 0.6 is 15.9 Å². The van der Waals surface area contributed by atoms with Crippen LogP contribution in [0.3, 0.4) is 0 Å². The fraction of sp³-hybridized carbons (Fsp3) is 0.316. The molecule has 0 unspecified atom stereocenters. The van der Waals surface area contributed by atoms with E-state index < -0.39 is 0 Å². The third kappa shape index (κ3) is 4.17. The highest BCUT2D eigenvalue weighted by Gasteiger charge is 2.25. The minimum Gasteiger partial charge on any atom is -0.465 e. The van der Waals surface area contributed by atoms with Crippen molar-refractivity contribution in [3.05, 3.63) is 52.0 Å². The molecule has 0 bridgehead atoms. The normalized spacial score (nSPS) is 13.6. The van der Waals surface area contributed by atoms with Gasteiger partial charge in [-0.15, -0.1) is 0 Å². The van der Waals surface area contributed by atoms with Crippen LogP contribution in [-0.4, -0.2) is 39.6 Å². The van der Waals surface area contributed by atoms with Crippen molar-refractivity contribution >= 4 is 33.2 Å². The maximum absolute atomic E-state index is 12.8. The number of amides is 1. The van der Waals surface area contributed by atoms with Gasteiger partial charge in [0.25, 0.3) is 5.91 Å². The number of hydrogen-bond acceptors (Lipinski definition) is 5. The first kappa shape index (κ1) is 18.7. The van der Waals surface area contributed by atoms with Gasteiger partial charge in [-0.05, 0) is 48.4 Å². The molecule has 0 spiro atoms. The summed E-state index contributed by atoms with van der Waals surface area (Å²) in [4.78, 5) is 14.5. The highest BCUT2D eigenvalue weighted by atomic mass is 79.9. The molecule has 1 heterocycles. The molecule has 0 saturated carbocycles. The lowest BCUT2D eigenvalue weighted by Gasteiger charge is -2.29. The van der Waals surface area contributed by atoms with E-state index in [1.165, 1.54) is 0 Å². The summed E-state index contributed by atoms with van der Waals surface area (Å²) in [5, 5.41) is 0. The van der Waals surface area contributed by atoms with Crippen LogP contribution in [0.15, 0.2) is 40.9 Å². The maximum Gasteiger partial charge on any atom is 0.258 e. The summed E-state index contributed by atoms with van der Waals surface area (Å²) in [6.45, 7) is 1.67. The molecular weight excluding hydrogens is 400 g/mol. The van der Waals surface area contributed by atoms with E-state index in [4.69, 9.17) is 19.9 Å². The van der Waals surface area contributed by atoms with Crippen LogP contribution in [0, 0.1) is 0 Å². The third-order valence-corrected chi connectivity index (χ3v) is 4.68. The summed E-state index contributed by atoms with van der Waals surface area (Å²) in [6.07, 6.45) is 0.798. The van der Waals surface area contributed by atoms with E-state index in [1.807, 2.05) is 24.3 Å². The quantitative estimate of drug-likeness (QED) is 0.422. The molecule has 1 aliphatic rings. The van der Waals surface area contributed by atoms with Crippen LogP contribution < -0.4 is 15.4 Å². The van der Waals surface area contributed by atoms with E-state index >= 15 is 0 Å². The summed E-state index contributed by atoms with van der Waals surface area (Å²) >= 11 is 3.45. The van der Waals surface area contributed by atoms with E-state index in [0.29, 0.717) is 31.2 Å². The molecule has 7 heteroatoms. The fourth-order valence-corrected chi connectivity index (χ4v) is 3.25. The number of anilines is 2. The first-order chi connectivity index (χ1) is 12.6. The number of nitrogen functional groups attached to an aromatic ring is 1. The summed E-state index contributed by atoms with van der Waals surface area (Å²) in [5.74, 6) is 0.509. The highest BCUT2D eigenvalue weighted by molar-refractivity contribution is 9.10. The summed E-state index contributed by atoms with van der Waals surface area (Å²) in [7, 11) is 1.61. The lowest BCUT2D eigenvalue weighted by Crippen LogP contribution is -2.37. The Kier molecular flexibility index (Phi) is 6.13. The predicted molar refractivity (Wildman–Crippen MR) is 104 cm³/mol. The zero-order valence-electron chi connectivity index (χ0n) is 14.5. The number of nitrogens with two attached hydrogens (primary N) is 1. The van der Waals surface area contributed by atoms with Gasteiger partial charge >= 0.3 is 0 Å². The van der Waals surface area contributed by atoms with Gasteiger partial charge in [-0.25, -0.2) is 0 Å². The summed E-state index contributed by atoms with van der Waals surface area (Å²) in [6, 6.07) is 11.1. The molecule has 0 fully saturated rings. The Morgan fingerprint density at radius 1 is 1.19 bits per heavy atom. The molecule has 138 valence electrons. The number of hydrogen-bond donors (Lipinski definition) is 1. The number of halogens is 1. The number of carbonyl (C=O) groups is 1. The number of methoxy groups -OCH3 is 1. The summed E-state index contributed by atoms with van der Waals surface area (Å²) < 4.78 is 16.7. The number of rotatable bonds is 7. The number of ether oxygens (including phenoxy) is 3. The van der Waals surface area contributed by atoms with Crippen molar-refractivity contribution in [3.8, 4) is 5.75 Å². The molecule has 0 atom stereocenters. The Morgan fingerprint density at radius 3 is 2.81 bits per heavy atom. The molecule has 0 radical (unpaired) electrons. The number of benzene rings is 2. The fourth-order valence-electron chi connectivity index (χ4n) is 2.84. The van der Waals surface area contributed by atoms with Gasteiger partial charge in [-0.2, -0.15) is 0 Å². The van der Waals surface area contributed by atoms with Crippen molar-refractivity contribution in [2.45, 2.75) is 6.42 Å². The second-order valence-corrected chi connectivity index (χ2v) is 6.81. The van der Waals surface area contributed by atoms with Gasteiger partial charge in [0.1, 0.15) is 5.75 Å². The molecule has 2 N–H and O–H groups in total. The van der Waals surface area contributed by atoms with Crippen LogP contribution in [0.1, 0.15) is 15.9 Å². The van der Waals surface area contributed by atoms with Crippen LogP contribution in [0.4, 0.5) is 11.4 Å². The SMILES string of the molecule is COCCOCOc1ccc(N2CCc3cc(Br)ccc3C2=O)cc1N. The molecule has 3 rings (SSSR count). The Hall–Kier alpha value is -2.09. The molecule has 1 aliphatic heterocycles. The molecule has 1 amide bonds. The average molecular weight is 421 g/mol. The predicted octanol–water partition coefficient (Wildman–Crippen LogP) is 3.23. The first-order valence-corrected chi connectivity index (χ1v) is 9.08. The lowest BCUT2D eigenvalue weighted by molar-refractivity contribution is -0.00813. The standard InChI is InChI=1S/C19H21BrN2O4/c1-24-8-9-25-12-26-18-5-3-15(11-17(18)21)22-7-6-13-10-14(20)2-4-16(13)19(22)23/h2-5,10-11H,6-9,12,21H2,1H3. The van der Waals surface area contributed by atoms with E-state index in [1.54, 1.807) is 24.1 Å². The van der Waals surface area contributed by atoms with Crippen molar-refractivity contribution in [1.82, 2.24) is 0 Å². The van der Waals surface area contributed by atoms with Crippen LogP contribution in [0.2, 0.25) is 0 Å². The minimum absolute atomic E-state index is 0.0188. The van der Waals surface area contributed by atoms with Crippen LogP contribution in [0.5, 0.6) is 5.75 Å². The van der Waals surface area contributed by atoms with E-state index in [9.17, 15) is 4.79 Å². The maximum atomic E-state index is 12.8. The highest BCUT2D eigenvalue weighted by Crippen LogP contribution is 2.31. The van der Waals surface area contributed by atoms with Crippen molar-refractivity contribution in [1.29, 1.82) is 0 Å². The zero-order valence-corrected chi connectivity index (χ0v) is 16.1. The minimum atomic E-state index is -0.0188. The Bertz CT molecular complexity index is 797. The molecule has 0 saturated heterocycles. The monoisotopic (exact) mass is 420 g/mol. The summed E-state index contributed by atoms with van der Waals surface area (Å²) in [5.41, 5.74) is 9.09. The Morgan fingerprint density at radius 2 is 2.04 bits per heavy atom. The van der Waals surface area contributed by atoms with Crippen molar-refractivity contribution < 1.29 is 19.0 Å². The molecule has 2 aromatic carbocycles. The number of nitrogens with zero attached hydrogens (tertiary/aromatic N) is 1. The van der Waals surface area contributed by atoms with Crippen LogP contribution in [0.25, 0.3) is 0 Å². The Balaban J connectivity index is 1.69. The molecule has 26 heavy (non-hydrogen) atoms. The van der Waals surface area contributed by atoms with E-state index in [0.717, 1.165) is 27.7 Å². The van der Waals surface area contributed by atoms with Crippen molar-refractivity contribution in [3.63, 3.8) is 0 Å². The molecular formula is C19H21BrN2O4. The lowest BCUT2D eigenvalue weighted by atomic mass is 9.98. The second kappa shape index (κ2) is 8.53. The largest absolute Gasteiger partial charge is 0.465 e. The first-order valence-electron chi connectivity index (χ1n) is 8.29. The van der Waals surface area contributed by atoms with Gasteiger partial charge in [0.2, 0.25) is 0 Å². The van der Waals surface area contributed by atoms with Gasteiger partial charge in [-0.1, -0.05) is 15.9 Å². The smallest absolute Gasteiger partial charge is 0.258 e. The van der Waals surface area contributed by atoms with Crippen molar-refractivity contribution in [2.24, 2.45) is 0 Å². The average Bonchev–Trinajstić information content (AvgIpc) is 2.63. The number of carbonyl (C=O) groups excluding carboxylic acids is 1.